The van der Waals surface area contributed by atoms with Crippen molar-refractivity contribution >= 4 is 0 Å². The van der Waals surface area contributed by atoms with Crippen LogP contribution in [0, 0.1) is 0 Å². The van der Waals surface area contributed by atoms with Crippen molar-refractivity contribution in [2.24, 2.45) is 0 Å². The summed E-state index contributed by atoms with van der Waals surface area (Å²) in [6, 6.07) is 0.595. The molecular formula is C10H21NO2. The molecule has 1 aliphatic rings. The predicted octanol–water partition coefficient (Wildman–Crippen LogP) is 0.918. The number of rotatable bonds is 7. The molecule has 1 atom stereocenters. The van der Waals surface area contributed by atoms with Gasteiger partial charge in [-0.15, -0.1) is 0 Å². The van der Waals surface area contributed by atoms with Gasteiger partial charge in [0.2, 0.25) is 0 Å². The van der Waals surface area contributed by atoms with E-state index in [1.54, 1.807) is 0 Å². The summed E-state index contributed by atoms with van der Waals surface area (Å²) < 4.78 is 5.52. The molecule has 78 valence electrons. The monoisotopic (exact) mass is 187 g/mol. The number of hydrogen-bond donors (Lipinski definition) is 2. The van der Waals surface area contributed by atoms with Crippen LogP contribution >= 0.6 is 0 Å². The van der Waals surface area contributed by atoms with Crippen molar-refractivity contribution in [3.8, 4) is 0 Å². The van der Waals surface area contributed by atoms with Crippen LogP contribution < -0.4 is 5.32 Å². The zero-order valence-corrected chi connectivity index (χ0v) is 8.30. The second-order valence-electron chi connectivity index (χ2n) is 3.65. The van der Waals surface area contributed by atoms with Crippen molar-refractivity contribution in [1.29, 1.82) is 0 Å². The van der Waals surface area contributed by atoms with E-state index in [1.807, 2.05) is 0 Å². The third-order valence-corrected chi connectivity index (χ3v) is 2.43. The number of unbranched alkanes of at least 4 members (excludes halogenated alkanes) is 2. The summed E-state index contributed by atoms with van der Waals surface area (Å²) in [5, 5.41) is 11.9. The molecule has 1 rings (SSSR count). The molecule has 3 nitrogen and oxygen atoms in total. The lowest BCUT2D eigenvalue weighted by atomic mass is 10.2. The molecule has 0 aromatic rings. The highest BCUT2D eigenvalue weighted by Gasteiger charge is 2.12. The molecule has 2 N–H and O–H groups in total. The van der Waals surface area contributed by atoms with Crippen molar-refractivity contribution in [3.63, 3.8) is 0 Å². The highest BCUT2D eigenvalue weighted by Crippen LogP contribution is 2.05. The molecule has 0 spiro atoms. The zero-order valence-electron chi connectivity index (χ0n) is 8.30. The Morgan fingerprint density at radius 3 is 2.92 bits per heavy atom. The first-order chi connectivity index (χ1) is 6.43. The highest BCUT2D eigenvalue weighted by atomic mass is 16.5. The minimum Gasteiger partial charge on any atom is -0.396 e. The quantitative estimate of drug-likeness (QED) is 0.582. The lowest BCUT2D eigenvalue weighted by Gasteiger charge is -2.10. The van der Waals surface area contributed by atoms with Gasteiger partial charge < -0.3 is 15.2 Å². The van der Waals surface area contributed by atoms with Gasteiger partial charge in [-0.05, 0) is 38.6 Å². The Kier molecular flexibility index (Phi) is 6.15. The van der Waals surface area contributed by atoms with Gasteiger partial charge in [0.1, 0.15) is 0 Å². The number of aliphatic hydroxyl groups is 1. The molecule has 1 saturated heterocycles. The van der Waals surface area contributed by atoms with Crippen molar-refractivity contribution in [1.82, 2.24) is 5.32 Å². The van der Waals surface area contributed by atoms with Crippen LogP contribution in [-0.2, 0) is 4.74 Å². The van der Waals surface area contributed by atoms with E-state index >= 15 is 0 Å². The Balaban J connectivity index is 1.78. The minimum absolute atomic E-state index is 0.310. The van der Waals surface area contributed by atoms with Crippen molar-refractivity contribution in [2.75, 3.05) is 26.4 Å². The Bertz CT molecular complexity index is 113. The second kappa shape index (κ2) is 7.30. The molecule has 0 amide bonds. The molecule has 0 radical (unpaired) electrons. The van der Waals surface area contributed by atoms with Crippen LogP contribution in [0.5, 0.6) is 0 Å². The van der Waals surface area contributed by atoms with E-state index in [-0.39, 0.29) is 0 Å². The maximum atomic E-state index is 8.54. The third-order valence-electron chi connectivity index (χ3n) is 2.43. The van der Waals surface area contributed by atoms with Crippen LogP contribution in [0.2, 0.25) is 0 Å². The molecule has 1 fully saturated rings. The van der Waals surface area contributed by atoms with E-state index in [0.29, 0.717) is 12.6 Å². The average Bonchev–Trinajstić information content (AvgIpc) is 2.63. The third kappa shape index (κ3) is 5.24. The summed E-state index contributed by atoms with van der Waals surface area (Å²) in [6.07, 6.45) is 5.61. The average molecular weight is 187 g/mol. The van der Waals surface area contributed by atoms with Crippen molar-refractivity contribution < 1.29 is 9.84 Å². The molecule has 0 aromatic heterocycles. The molecule has 13 heavy (non-hydrogen) atoms. The van der Waals surface area contributed by atoms with Gasteiger partial charge >= 0.3 is 0 Å². The first-order valence-electron chi connectivity index (χ1n) is 5.35. The fourth-order valence-corrected chi connectivity index (χ4v) is 1.62. The van der Waals surface area contributed by atoms with Gasteiger partial charge in [0, 0.05) is 19.3 Å². The van der Waals surface area contributed by atoms with E-state index in [2.05, 4.69) is 5.32 Å². The van der Waals surface area contributed by atoms with Crippen molar-refractivity contribution in [2.45, 2.75) is 38.1 Å². The molecule has 0 saturated carbocycles. The smallest absolute Gasteiger partial charge is 0.0619 e. The van der Waals surface area contributed by atoms with Crippen LogP contribution in [0.25, 0.3) is 0 Å². The van der Waals surface area contributed by atoms with E-state index in [4.69, 9.17) is 9.84 Å². The fourth-order valence-electron chi connectivity index (χ4n) is 1.62. The van der Waals surface area contributed by atoms with Gasteiger partial charge in [0.25, 0.3) is 0 Å². The number of nitrogens with one attached hydrogen (secondary N) is 1. The molecule has 1 heterocycles. The zero-order chi connectivity index (χ0) is 9.36. The largest absolute Gasteiger partial charge is 0.396 e. The number of hydrogen-bond acceptors (Lipinski definition) is 3. The predicted molar refractivity (Wildman–Crippen MR) is 52.8 cm³/mol. The van der Waals surface area contributed by atoms with Crippen molar-refractivity contribution in [3.05, 3.63) is 0 Å². The lowest BCUT2D eigenvalue weighted by Crippen LogP contribution is -2.26. The summed E-state index contributed by atoms with van der Waals surface area (Å²) in [6.45, 7) is 3.17. The van der Waals surface area contributed by atoms with E-state index in [1.165, 1.54) is 12.8 Å². The molecule has 1 unspecified atom stereocenters. The Morgan fingerprint density at radius 1 is 1.31 bits per heavy atom. The van der Waals surface area contributed by atoms with E-state index < -0.39 is 0 Å². The molecule has 3 heteroatoms. The molecular weight excluding hydrogens is 166 g/mol. The number of aliphatic hydroxyl groups excluding tert-OH is 1. The van der Waals surface area contributed by atoms with E-state index in [0.717, 1.165) is 39.0 Å². The van der Waals surface area contributed by atoms with Gasteiger partial charge in [-0.25, -0.2) is 0 Å². The SMILES string of the molecule is OCCCCCOCC1CCCN1. The Hall–Kier alpha value is -0.120. The first kappa shape index (κ1) is 11.0. The van der Waals surface area contributed by atoms with Crippen LogP contribution in [-0.4, -0.2) is 37.5 Å². The van der Waals surface area contributed by atoms with Crippen LogP contribution in [0.4, 0.5) is 0 Å². The molecule has 1 aliphatic heterocycles. The fraction of sp³-hybridized carbons (Fsp3) is 1.00. The molecule has 0 aliphatic carbocycles. The topological polar surface area (TPSA) is 41.5 Å². The van der Waals surface area contributed by atoms with Crippen LogP contribution in [0.15, 0.2) is 0 Å². The first-order valence-corrected chi connectivity index (χ1v) is 5.35. The highest BCUT2D eigenvalue weighted by molar-refractivity contribution is 4.73. The van der Waals surface area contributed by atoms with Gasteiger partial charge in [-0.3, -0.25) is 0 Å². The summed E-state index contributed by atoms with van der Waals surface area (Å²) >= 11 is 0. The summed E-state index contributed by atoms with van der Waals surface area (Å²) in [7, 11) is 0. The minimum atomic E-state index is 0.310. The number of ether oxygens (including phenoxy) is 1. The lowest BCUT2D eigenvalue weighted by molar-refractivity contribution is 0.111. The van der Waals surface area contributed by atoms with Gasteiger partial charge in [-0.1, -0.05) is 0 Å². The maximum absolute atomic E-state index is 8.54. The standard InChI is InChI=1S/C10H21NO2/c12-7-2-1-3-8-13-9-10-5-4-6-11-10/h10-12H,1-9H2. The maximum Gasteiger partial charge on any atom is 0.0619 e. The van der Waals surface area contributed by atoms with Crippen LogP contribution in [0.3, 0.4) is 0 Å². The van der Waals surface area contributed by atoms with Gasteiger partial charge in [0.05, 0.1) is 6.61 Å². The summed E-state index contributed by atoms with van der Waals surface area (Å²) in [5.41, 5.74) is 0. The Labute approximate surface area is 80.5 Å². The van der Waals surface area contributed by atoms with Crippen LogP contribution in [0.1, 0.15) is 32.1 Å². The second-order valence-corrected chi connectivity index (χ2v) is 3.65. The summed E-state index contributed by atoms with van der Waals surface area (Å²) in [5.74, 6) is 0. The molecule has 0 aromatic carbocycles. The molecule has 0 bridgehead atoms. The normalized spacial score (nSPS) is 22.4. The van der Waals surface area contributed by atoms with Gasteiger partial charge in [0.15, 0.2) is 0 Å². The summed E-state index contributed by atoms with van der Waals surface area (Å²) in [4.78, 5) is 0. The Morgan fingerprint density at radius 2 is 2.23 bits per heavy atom. The van der Waals surface area contributed by atoms with E-state index in [9.17, 15) is 0 Å². The van der Waals surface area contributed by atoms with Gasteiger partial charge in [-0.2, -0.15) is 0 Å².